The van der Waals surface area contributed by atoms with Crippen LogP contribution >= 0.6 is 0 Å². The molecule has 7 heteroatoms. The van der Waals surface area contributed by atoms with E-state index in [1.54, 1.807) is 0 Å². The van der Waals surface area contributed by atoms with E-state index in [4.69, 9.17) is 28.8 Å². The molecule has 0 aliphatic heterocycles. The van der Waals surface area contributed by atoms with E-state index in [9.17, 15) is 0 Å². The summed E-state index contributed by atoms with van der Waals surface area (Å²) in [6.45, 7) is 12.0. The average Bonchev–Trinajstić information content (AvgIpc) is 2.33. The third-order valence-electron chi connectivity index (χ3n) is 0. The van der Waals surface area contributed by atoms with Crippen LogP contribution in [0.25, 0.3) is 0 Å². The number of rotatable bonds is 0. The van der Waals surface area contributed by atoms with Crippen LogP contribution in [-0.4, -0.2) is 40.7 Å². The van der Waals surface area contributed by atoms with Crippen molar-refractivity contribution in [1.29, 1.82) is 0 Å². The number of hydrogen-bond acceptors (Lipinski definition) is 6. The standard InChI is InChI=1S/6CH2O.Ru/c6*1-2;/h6*1H2;. The molecule has 80 valence electrons. The average molecular weight is 281 g/mol. The molecule has 0 saturated heterocycles. The molecule has 0 aromatic rings. The van der Waals surface area contributed by atoms with E-state index in [-0.39, 0.29) is 19.5 Å². The van der Waals surface area contributed by atoms with Crippen molar-refractivity contribution in [3.8, 4) is 0 Å². The summed E-state index contributed by atoms with van der Waals surface area (Å²) in [5, 5.41) is 0. The SMILES string of the molecule is C=O.C=O.C=O.C=O.C=O.C=O.[Ru]. The Morgan fingerprint density at radius 1 is 0.308 bits per heavy atom. The van der Waals surface area contributed by atoms with Gasteiger partial charge in [-0.3, -0.25) is 0 Å². The van der Waals surface area contributed by atoms with Gasteiger partial charge in [0.2, 0.25) is 0 Å². The summed E-state index contributed by atoms with van der Waals surface area (Å²) < 4.78 is 0. The van der Waals surface area contributed by atoms with Gasteiger partial charge in [0.25, 0.3) is 0 Å². The second-order valence-electron chi connectivity index (χ2n) is 0. The van der Waals surface area contributed by atoms with Crippen LogP contribution in [0.15, 0.2) is 0 Å². The zero-order chi connectivity index (χ0) is 12.0. The fourth-order valence-corrected chi connectivity index (χ4v) is 0. The largest absolute Gasteiger partial charge is 0.307 e. The zero-order valence-corrected chi connectivity index (χ0v) is 8.78. The summed E-state index contributed by atoms with van der Waals surface area (Å²) in [5.41, 5.74) is 0. The van der Waals surface area contributed by atoms with E-state index >= 15 is 0 Å². The molecular formula is C6H12O6Ru. The van der Waals surface area contributed by atoms with Crippen molar-refractivity contribution in [1.82, 2.24) is 0 Å². The van der Waals surface area contributed by atoms with Gasteiger partial charge in [0.1, 0.15) is 40.7 Å². The topological polar surface area (TPSA) is 102 Å². The van der Waals surface area contributed by atoms with E-state index in [1.165, 1.54) is 0 Å². The van der Waals surface area contributed by atoms with E-state index < -0.39 is 0 Å². The van der Waals surface area contributed by atoms with Crippen LogP contribution in [0.5, 0.6) is 0 Å². The maximum absolute atomic E-state index is 8.00. The van der Waals surface area contributed by atoms with Crippen molar-refractivity contribution < 1.29 is 48.2 Å². The molecule has 6 nitrogen and oxygen atoms in total. The van der Waals surface area contributed by atoms with Crippen LogP contribution in [0, 0.1) is 0 Å². The van der Waals surface area contributed by atoms with Crippen molar-refractivity contribution in [2.45, 2.75) is 0 Å². The Labute approximate surface area is 89.4 Å². The Morgan fingerprint density at radius 2 is 0.308 bits per heavy atom. The van der Waals surface area contributed by atoms with Gasteiger partial charge in [-0.1, -0.05) is 0 Å². The molecule has 0 saturated carbocycles. The van der Waals surface area contributed by atoms with Crippen molar-refractivity contribution >= 4 is 40.7 Å². The minimum atomic E-state index is 0. The Kier molecular flexibility index (Phi) is 2530. The van der Waals surface area contributed by atoms with E-state index in [0.29, 0.717) is 0 Å². The predicted octanol–water partition coefficient (Wildman–Crippen LogP) is -1.11. The molecule has 0 aliphatic carbocycles. The summed E-state index contributed by atoms with van der Waals surface area (Å²) >= 11 is 0. The molecule has 0 aromatic heterocycles. The third kappa shape index (κ3) is 432. The van der Waals surface area contributed by atoms with Gasteiger partial charge in [-0.2, -0.15) is 0 Å². The Morgan fingerprint density at radius 3 is 0.308 bits per heavy atom. The van der Waals surface area contributed by atoms with Crippen molar-refractivity contribution in [2.75, 3.05) is 0 Å². The molecule has 0 heterocycles. The first-order valence-electron chi connectivity index (χ1n) is 1.73. The molecule has 0 aliphatic rings. The smallest absolute Gasteiger partial charge is 0.106 e. The number of carbonyl (C=O) groups is 6. The Bertz CT molecular complexity index is 32.6. The summed E-state index contributed by atoms with van der Waals surface area (Å²) in [6.07, 6.45) is 0. The molecule has 0 bridgehead atoms. The summed E-state index contributed by atoms with van der Waals surface area (Å²) in [6, 6.07) is 0. The molecule has 13 heavy (non-hydrogen) atoms. The van der Waals surface area contributed by atoms with Gasteiger partial charge < -0.3 is 28.8 Å². The zero-order valence-electron chi connectivity index (χ0n) is 7.05. The van der Waals surface area contributed by atoms with Crippen LogP contribution in [0.1, 0.15) is 0 Å². The van der Waals surface area contributed by atoms with Crippen molar-refractivity contribution in [3.05, 3.63) is 0 Å². The molecule has 0 amide bonds. The minimum Gasteiger partial charge on any atom is -0.307 e. The van der Waals surface area contributed by atoms with E-state index in [2.05, 4.69) is 0 Å². The van der Waals surface area contributed by atoms with Gasteiger partial charge in [0.15, 0.2) is 0 Å². The quantitative estimate of drug-likeness (QED) is 0.521. The van der Waals surface area contributed by atoms with E-state index in [0.717, 1.165) is 0 Å². The second kappa shape index (κ2) is 538. The fraction of sp³-hybridized carbons (Fsp3) is 0. The maximum atomic E-state index is 8.00. The predicted molar refractivity (Wildman–Crippen MR) is 42.7 cm³/mol. The summed E-state index contributed by atoms with van der Waals surface area (Å²) in [7, 11) is 0. The van der Waals surface area contributed by atoms with Gasteiger partial charge in [-0.25, -0.2) is 0 Å². The van der Waals surface area contributed by atoms with Gasteiger partial charge in [-0.15, -0.1) is 0 Å². The first-order valence-corrected chi connectivity index (χ1v) is 1.73. The van der Waals surface area contributed by atoms with Crippen molar-refractivity contribution in [2.24, 2.45) is 0 Å². The Hall–Kier alpha value is -1.36. The Balaban J connectivity index is -0.00000000655. The molecule has 0 radical (unpaired) electrons. The molecule has 0 atom stereocenters. The van der Waals surface area contributed by atoms with Crippen LogP contribution < -0.4 is 0 Å². The van der Waals surface area contributed by atoms with Crippen LogP contribution in [-0.2, 0) is 48.2 Å². The van der Waals surface area contributed by atoms with Crippen LogP contribution in [0.4, 0.5) is 0 Å². The van der Waals surface area contributed by atoms with Crippen LogP contribution in [0.2, 0.25) is 0 Å². The molecule has 0 rings (SSSR count). The minimum absolute atomic E-state index is 0. The van der Waals surface area contributed by atoms with E-state index in [1.807, 2.05) is 40.7 Å². The third-order valence-corrected chi connectivity index (χ3v) is 0. The molecule has 0 fully saturated rings. The van der Waals surface area contributed by atoms with Gasteiger partial charge in [0, 0.05) is 19.5 Å². The monoisotopic (exact) mass is 282 g/mol. The summed E-state index contributed by atoms with van der Waals surface area (Å²) in [5.74, 6) is 0. The number of carbonyl (C=O) groups excluding carboxylic acids is 6. The maximum Gasteiger partial charge on any atom is 0.106 e. The molecule has 0 aromatic carbocycles. The first kappa shape index (κ1) is 61.2. The normalized spacial score (nSPS) is 1.85. The van der Waals surface area contributed by atoms with Crippen LogP contribution in [0.3, 0.4) is 0 Å². The second-order valence-corrected chi connectivity index (χ2v) is 0. The molecule has 0 N–H and O–H groups in total. The molecule has 0 spiro atoms. The first-order chi connectivity index (χ1) is 6.00. The van der Waals surface area contributed by atoms with Crippen molar-refractivity contribution in [3.63, 3.8) is 0 Å². The fourth-order valence-electron chi connectivity index (χ4n) is 0. The van der Waals surface area contributed by atoms with Gasteiger partial charge in [-0.05, 0) is 0 Å². The molecular weight excluding hydrogens is 269 g/mol. The molecule has 0 unspecified atom stereocenters. The van der Waals surface area contributed by atoms with Gasteiger partial charge >= 0.3 is 0 Å². The summed E-state index contributed by atoms with van der Waals surface area (Å²) in [4.78, 5) is 48.0. The van der Waals surface area contributed by atoms with Gasteiger partial charge in [0.05, 0.1) is 0 Å². The number of hydrogen-bond donors (Lipinski definition) is 0.